The molecule has 0 unspecified atom stereocenters. The molecular formula is C20H27N3O3. The Balaban J connectivity index is 1.84. The van der Waals surface area contributed by atoms with Crippen molar-refractivity contribution in [3.8, 4) is 17.2 Å². The van der Waals surface area contributed by atoms with E-state index in [4.69, 9.17) is 19.9 Å². The second-order valence-electron chi connectivity index (χ2n) is 5.65. The van der Waals surface area contributed by atoms with E-state index in [9.17, 15) is 0 Å². The van der Waals surface area contributed by atoms with Gasteiger partial charge in [-0.1, -0.05) is 18.2 Å². The Morgan fingerprint density at radius 3 is 2.58 bits per heavy atom. The average Bonchev–Trinajstić information content (AvgIpc) is 2.66. The van der Waals surface area contributed by atoms with E-state index in [1.54, 1.807) is 14.2 Å². The van der Waals surface area contributed by atoms with Gasteiger partial charge in [0.15, 0.2) is 17.5 Å². The van der Waals surface area contributed by atoms with E-state index in [1.165, 1.54) is 5.56 Å². The third kappa shape index (κ3) is 5.88. The molecule has 0 amide bonds. The monoisotopic (exact) mass is 357 g/mol. The van der Waals surface area contributed by atoms with Gasteiger partial charge in [-0.25, -0.2) is 4.99 Å². The zero-order chi connectivity index (χ0) is 18.8. The minimum absolute atomic E-state index is 0.417. The fraction of sp³-hybridized carbons (Fsp3) is 0.350. The summed E-state index contributed by atoms with van der Waals surface area (Å²) in [6, 6.07) is 13.8. The molecule has 0 aliphatic carbocycles. The molecule has 3 N–H and O–H groups in total. The molecule has 0 bridgehead atoms. The van der Waals surface area contributed by atoms with Crippen LogP contribution in [-0.2, 0) is 13.0 Å². The molecule has 0 radical (unpaired) electrons. The molecule has 6 heteroatoms. The van der Waals surface area contributed by atoms with Crippen LogP contribution >= 0.6 is 0 Å². The van der Waals surface area contributed by atoms with Gasteiger partial charge in [0.05, 0.1) is 27.4 Å². The largest absolute Gasteiger partial charge is 0.494 e. The number of methoxy groups -OCH3 is 2. The molecule has 0 heterocycles. The van der Waals surface area contributed by atoms with Crippen molar-refractivity contribution in [2.45, 2.75) is 19.9 Å². The predicted octanol–water partition coefficient (Wildman–Crippen LogP) is 2.75. The first-order valence-corrected chi connectivity index (χ1v) is 8.62. The van der Waals surface area contributed by atoms with Crippen molar-refractivity contribution < 1.29 is 14.2 Å². The molecule has 0 fully saturated rings. The topological polar surface area (TPSA) is 78.1 Å². The lowest BCUT2D eigenvalue weighted by atomic mass is 10.1. The summed E-state index contributed by atoms with van der Waals surface area (Å²) in [5.41, 5.74) is 8.14. The quantitative estimate of drug-likeness (QED) is 0.533. The normalized spacial score (nSPS) is 11.1. The van der Waals surface area contributed by atoms with Crippen LogP contribution in [0.25, 0.3) is 0 Å². The lowest BCUT2D eigenvalue weighted by Gasteiger charge is -2.09. The van der Waals surface area contributed by atoms with E-state index in [-0.39, 0.29) is 0 Å². The Bertz CT molecular complexity index is 732. The van der Waals surface area contributed by atoms with Gasteiger partial charge in [0.1, 0.15) is 5.75 Å². The fourth-order valence-corrected chi connectivity index (χ4v) is 2.50. The number of nitrogens with two attached hydrogens (primary N) is 1. The number of ether oxygens (including phenoxy) is 3. The summed E-state index contributed by atoms with van der Waals surface area (Å²) >= 11 is 0. The van der Waals surface area contributed by atoms with Crippen LogP contribution in [0.15, 0.2) is 47.5 Å². The molecule has 2 rings (SSSR count). The van der Waals surface area contributed by atoms with Gasteiger partial charge in [0.2, 0.25) is 0 Å². The SMILES string of the molecule is CCOc1cccc(CCNC(N)=NCc2ccc(OC)c(OC)c2)c1. The van der Waals surface area contributed by atoms with Crippen molar-refractivity contribution >= 4 is 5.96 Å². The van der Waals surface area contributed by atoms with Gasteiger partial charge in [-0.05, 0) is 48.7 Å². The van der Waals surface area contributed by atoms with E-state index in [2.05, 4.69) is 16.4 Å². The van der Waals surface area contributed by atoms with Gasteiger partial charge in [-0.15, -0.1) is 0 Å². The van der Waals surface area contributed by atoms with Gasteiger partial charge >= 0.3 is 0 Å². The van der Waals surface area contributed by atoms with Gasteiger partial charge in [0.25, 0.3) is 0 Å². The van der Waals surface area contributed by atoms with E-state index < -0.39 is 0 Å². The van der Waals surface area contributed by atoms with Crippen molar-refractivity contribution in [3.05, 3.63) is 53.6 Å². The van der Waals surface area contributed by atoms with E-state index >= 15 is 0 Å². The Kier molecular flexibility index (Phi) is 7.61. The van der Waals surface area contributed by atoms with Crippen LogP contribution in [0.3, 0.4) is 0 Å². The summed E-state index contributed by atoms with van der Waals surface area (Å²) in [5.74, 6) is 2.68. The first-order valence-electron chi connectivity index (χ1n) is 8.62. The Morgan fingerprint density at radius 1 is 1.04 bits per heavy atom. The lowest BCUT2D eigenvalue weighted by Crippen LogP contribution is -2.33. The van der Waals surface area contributed by atoms with Crippen molar-refractivity contribution in [3.63, 3.8) is 0 Å². The molecular weight excluding hydrogens is 330 g/mol. The van der Waals surface area contributed by atoms with Crippen LogP contribution in [0.1, 0.15) is 18.1 Å². The maximum absolute atomic E-state index is 5.95. The third-order valence-corrected chi connectivity index (χ3v) is 3.81. The Hall–Kier alpha value is -2.89. The molecule has 0 spiro atoms. The number of benzene rings is 2. The molecule has 0 saturated carbocycles. The highest BCUT2D eigenvalue weighted by Gasteiger charge is 2.04. The number of rotatable bonds is 9. The van der Waals surface area contributed by atoms with Gasteiger partial charge in [-0.3, -0.25) is 0 Å². The highest BCUT2D eigenvalue weighted by Crippen LogP contribution is 2.27. The number of aliphatic imine (C=N–C) groups is 1. The Morgan fingerprint density at radius 2 is 1.85 bits per heavy atom. The van der Waals surface area contributed by atoms with Gasteiger partial charge in [0, 0.05) is 6.54 Å². The molecule has 0 atom stereocenters. The van der Waals surface area contributed by atoms with Crippen molar-refractivity contribution in [2.75, 3.05) is 27.4 Å². The maximum atomic E-state index is 5.95. The number of guanidine groups is 1. The third-order valence-electron chi connectivity index (χ3n) is 3.81. The molecule has 2 aromatic rings. The van der Waals surface area contributed by atoms with Crippen molar-refractivity contribution in [1.29, 1.82) is 0 Å². The second kappa shape index (κ2) is 10.2. The van der Waals surface area contributed by atoms with Gasteiger partial charge in [-0.2, -0.15) is 0 Å². The number of hydrogen-bond donors (Lipinski definition) is 2. The fourth-order valence-electron chi connectivity index (χ4n) is 2.50. The first-order chi connectivity index (χ1) is 12.7. The van der Waals surface area contributed by atoms with Crippen molar-refractivity contribution in [1.82, 2.24) is 5.32 Å². The highest BCUT2D eigenvalue weighted by molar-refractivity contribution is 5.77. The van der Waals surface area contributed by atoms with Crippen LogP contribution in [-0.4, -0.2) is 33.3 Å². The minimum Gasteiger partial charge on any atom is -0.494 e. The Labute approximate surface area is 155 Å². The number of nitrogens with zero attached hydrogens (tertiary/aromatic N) is 1. The van der Waals surface area contributed by atoms with E-state index in [1.807, 2.05) is 43.3 Å². The maximum Gasteiger partial charge on any atom is 0.188 e. The standard InChI is InChI=1S/C20H27N3O3/c1-4-26-17-7-5-6-15(12-17)10-11-22-20(21)23-14-16-8-9-18(24-2)19(13-16)25-3/h5-9,12-13H,4,10-11,14H2,1-3H3,(H3,21,22,23). The molecule has 0 aliphatic heterocycles. The van der Waals surface area contributed by atoms with Crippen LogP contribution in [0, 0.1) is 0 Å². The molecule has 2 aromatic carbocycles. The average molecular weight is 357 g/mol. The lowest BCUT2D eigenvalue weighted by molar-refractivity contribution is 0.340. The zero-order valence-corrected chi connectivity index (χ0v) is 15.6. The number of hydrogen-bond acceptors (Lipinski definition) is 4. The van der Waals surface area contributed by atoms with Crippen LogP contribution in [0.5, 0.6) is 17.2 Å². The molecule has 6 nitrogen and oxygen atoms in total. The zero-order valence-electron chi connectivity index (χ0n) is 15.6. The van der Waals surface area contributed by atoms with Crippen LogP contribution in [0.2, 0.25) is 0 Å². The smallest absolute Gasteiger partial charge is 0.188 e. The van der Waals surface area contributed by atoms with Crippen LogP contribution in [0.4, 0.5) is 0 Å². The number of nitrogens with one attached hydrogen (secondary N) is 1. The molecule has 140 valence electrons. The minimum atomic E-state index is 0.417. The predicted molar refractivity (Wildman–Crippen MR) is 104 cm³/mol. The summed E-state index contributed by atoms with van der Waals surface area (Å²) in [4.78, 5) is 4.37. The summed E-state index contributed by atoms with van der Waals surface area (Å²) in [6.07, 6.45) is 0.841. The summed E-state index contributed by atoms with van der Waals surface area (Å²) < 4.78 is 16.0. The summed E-state index contributed by atoms with van der Waals surface area (Å²) in [7, 11) is 3.23. The summed E-state index contributed by atoms with van der Waals surface area (Å²) in [6.45, 7) is 3.82. The highest BCUT2D eigenvalue weighted by atomic mass is 16.5. The van der Waals surface area contributed by atoms with Crippen LogP contribution < -0.4 is 25.3 Å². The molecule has 26 heavy (non-hydrogen) atoms. The summed E-state index contributed by atoms with van der Waals surface area (Å²) in [5, 5.41) is 3.13. The first kappa shape index (κ1) is 19.4. The van der Waals surface area contributed by atoms with E-state index in [0.717, 1.165) is 17.7 Å². The van der Waals surface area contributed by atoms with Gasteiger partial charge < -0.3 is 25.3 Å². The van der Waals surface area contributed by atoms with E-state index in [0.29, 0.717) is 37.2 Å². The molecule has 0 aliphatic rings. The second-order valence-corrected chi connectivity index (χ2v) is 5.65. The van der Waals surface area contributed by atoms with Crippen molar-refractivity contribution in [2.24, 2.45) is 10.7 Å². The molecule has 0 saturated heterocycles. The molecule has 0 aromatic heterocycles.